The molecule has 8 heteroatoms. The minimum atomic E-state index is -2.85. The molecule has 1 N–H and O–H groups in total. The molecule has 1 aromatic rings. The topological polar surface area (TPSA) is 66.8 Å². The first-order valence-corrected chi connectivity index (χ1v) is 8.21. The van der Waals surface area contributed by atoms with Crippen molar-refractivity contribution in [3.63, 3.8) is 0 Å². The van der Waals surface area contributed by atoms with E-state index in [9.17, 15) is 18.4 Å². The average molecular weight is 347 g/mol. The normalized spacial score (nSPS) is 16.6. The fourth-order valence-corrected chi connectivity index (χ4v) is 3.32. The van der Waals surface area contributed by atoms with Crippen LogP contribution in [0.5, 0.6) is 0 Å². The van der Waals surface area contributed by atoms with Crippen molar-refractivity contribution >= 4 is 23.2 Å². The van der Waals surface area contributed by atoms with E-state index >= 15 is 0 Å². The summed E-state index contributed by atoms with van der Waals surface area (Å²) in [5, 5.41) is 10.6. The summed E-state index contributed by atoms with van der Waals surface area (Å²) >= 11 is 1.25. The van der Waals surface area contributed by atoms with Crippen LogP contribution in [0.2, 0.25) is 0 Å². The van der Waals surface area contributed by atoms with E-state index in [2.05, 4.69) is 0 Å². The Kier molecular flexibility index (Phi) is 5.69. The summed E-state index contributed by atoms with van der Waals surface area (Å²) in [4.78, 5) is 25.4. The quantitative estimate of drug-likeness (QED) is 0.859. The van der Waals surface area contributed by atoms with E-state index in [4.69, 9.17) is 9.84 Å². The first-order valence-electron chi connectivity index (χ1n) is 7.33. The van der Waals surface area contributed by atoms with E-state index in [1.54, 1.807) is 16.3 Å². The van der Waals surface area contributed by atoms with Gasteiger partial charge in [-0.1, -0.05) is 0 Å². The highest BCUT2D eigenvalue weighted by molar-refractivity contribution is 7.10. The van der Waals surface area contributed by atoms with E-state index in [1.165, 1.54) is 11.3 Å². The van der Waals surface area contributed by atoms with Crippen LogP contribution in [0.4, 0.5) is 8.78 Å². The highest BCUT2D eigenvalue weighted by Crippen LogP contribution is 2.23. The Balaban J connectivity index is 1.89. The molecule has 0 aliphatic carbocycles. The van der Waals surface area contributed by atoms with Gasteiger partial charge in [0.25, 0.3) is 11.8 Å². The third-order valence-electron chi connectivity index (χ3n) is 3.59. The van der Waals surface area contributed by atoms with Crippen LogP contribution in [-0.4, -0.2) is 53.6 Å². The maximum absolute atomic E-state index is 12.8. The molecule has 1 aromatic heterocycles. The molecule has 0 atom stereocenters. The smallest absolute Gasteiger partial charge is 0.308 e. The Hall–Kier alpha value is -1.54. The van der Waals surface area contributed by atoms with Gasteiger partial charge in [0.15, 0.2) is 0 Å². The van der Waals surface area contributed by atoms with Gasteiger partial charge in [-0.15, -0.1) is 11.3 Å². The number of rotatable bonds is 6. The Morgan fingerprint density at radius 3 is 2.65 bits per heavy atom. The van der Waals surface area contributed by atoms with Gasteiger partial charge in [0.1, 0.15) is 6.61 Å². The van der Waals surface area contributed by atoms with Gasteiger partial charge in [-0.3, -0.25) is 9.59 Å². The molecule has 128 valence electrons. The molecule has 2 heterocycles. The van der Waals surface area contributed by atoms with Crippen molar-refractivity contribution in [3.8, 4) is 0 Å². The molecule has 23 heavy (non-hydrogen) atoms. The second-order valence-corrected chi connectivity index (χ2v) is 6.70. The number of hydrogen-bond acceptors (Lipinski definition) is 4. The molecule has 0 aromatic carbocycles. The number of piperidine rings is 1. The molecule has 2 rings (SSSR count). The summed E-state index contributed by atoms with van der Waals surface area (Å²) < 4.78 is 30.7. The van der Waals surface area contributed by atoms with Crippen molar-refractivity contribution in [1.82, 2.24) is 4.90 Å². The zero-order chi connectivity index (χ0) is 17.0. The molecular formula is C15H19F2NO4S. The van der Waals surface area contributed by atoms with E-state index in [-0.39, 0.29) is 18.4 Å². The minimum Gasteiger partial charge on any atom is -0.481 e. The van der Waals surface area contributed by atoms with Gasteiger partial charge in [0.2, 0.25) is 0 Å². The molecule has 1 amide bonds. The molecule has 5 nitrogen and oxygen atoms in total. The minimum absolute atomic E-state index is 0.177. The van der Waals surface area contributed by atoms with E-state index in [0.29, 0.717) is 36.4 Å². The van der Waals surface area contributed by atoms with Gasteiger partial charge in [0.05, 0.1) is 18.1 Å². The summed E-state index contributed by atoms with van der Waals surface area (Å²) in [7, 11) is 0. The maximum atomic E-state index is 12.8. The second-order valence-electron chi connectivity index (χ2n) is 5.70. The number of likely N-dealkylation sites (tertiary alicyclic amines) is 1. The third-order valence-corrected chi connectivity index (χ3v) is 4.51. The van der Waals surface area contributed by atoms with E-state index in [1.807, 2.05) is 0 Å². The van der Waals surface area contributed by atoms with Crippen LogP contribution in [0.25, 0.3) is 0 Å². The molecule has 0 saturated carbocycles. The van der Waals surface area contributed by atoms with Crippen molar-refractivity contribution in [2.75, 3.05) is 19.7 Å². The highest BCUT2D eigenvalue weighted by Gasteiger charge is 2.29. The van der Waals surface area contributed by atoms with Gasteiger partial charge in [-0.05, 0) is 24.3 Å². The van der Waals surface area contributed by atoms with E-state index < -0.39 is 18.5 Å². The number of hydrogen-bond donors (Lipinski definition) is 1. The number of amides is 1. The Labute approximate surface area is 136 Å². The van der Waals surface area contributed by atoms with Crippen LogP contribution in [0.3, 0.4) is 0 Å². The summed E-state index contributed by atoms with van der Waals surface area (Å²) in [5.41, 5.74) is 0.414. The SMILES string of the molecule is CC(F)(F)COC1CCN(C(=O)c2ccsc2CC(=O)O)CC1. The van der Waals surface area contributed by atoms with Crippen LogP contribution in [0.1, 0.15) is 35.0 Å². The van der Waals surface area contributed by atoms with E-state index in [0.717, 1.165) is 6.92 Å². The van der Waals surface area contributed by atoms with Crippen molar-refractivity contribution in [1.29, 1.82) is 0 Å². The Morgan fingerprint density at radius 2 is 2.09 bits per heavy atom. The molecule has 1 fully saturated rings. The summed E-state index contributed by atoms with van der Waals surface area (Å²) in [6, 6.07) is 1.63. The zero-order valence-electron chi connectivity index (χ0n) is 12.8. The molecule has 0 spiro atoms. The number of carboxylic acids is 1. The van der Waals surface area contributed by atoms with Gasteiger partial charge in [0, 0.05) is 24.9 Å². The first-order chi connectivity index (χ1) is 10.8. The van der Waals surface area contributed by atoms with Crippen molar-refractivity contribution in [2.45, 2.75) is 38.2 Å². The van der Waals surface area contributed by atoms with Crippen LogP contribution in [-0.2, 0) is 16.0 Å². The molecule has 0 bridgehead atoms. The molecule has 1 saturated heterocycles. The molecular weight excluding hydrogens is 328 g/mol. The number of ether oxygens (including phenoxy) is 1. The number of thiophene rings is 1. The molecule has 0 radical (unpaired) electrons. The fraction of sp³-hybridized carbons (Fsp3) is 0.600. The lowest BCUT2D eigenvalue weighted by Gasteiger charge is -2.32. The van der Waals surface area contributed by atoms with Crippen LogP contribution >= 0.6 is 11.3 Å². The van der Waals surface area contributed by atoms with Gasteiger partial charge >= 0.3 is 5.97 Å². The number of halogens is 2. The summed E-state index contributed by atoms with van der Waals surface area (Å²) in [6.07, 6.45) is 0.551. The lowest BCUT2D eigenvalue weighted by atomic mass is 10.1. The van der Waals surface area contributed by atoms with Crippen LogP contribution < -0.4 is 0 Å². The van der Waals surface area contributed by atoms with Crippen molar-refractivity contribution in [3.05, 3.63) is 21.9 Å². The molecule has 1 aliphatic rings. The lowest BCUT2D eigenvalue weighted by Crippen LogP contribution is -2.41. The predicted molar refractivity (Wildman–Crippen MR) is 81.2 cm³/mol. The summed E-state index contributed by atoms with van der Waals surface area (Å²) in [5.74, 6) is -4.04. The predicted octanol–water partition coefficient (Wildman–Crippen LogP) is 2.65. The second kappa shape index (κ2) is 7.35. The molecule has 1 aliphatic heterocycles. The third kappa shape index (κ3) is 5.24. The Morgan fingerprint density at radius 1 is 1.43 bits per heavy atom. The number of carboxylic acid groups (broad SMARTS) is 1. The fourth-order valence-electron chi connectivity index (χ4n) is 2.47. The maximum Gasteiger partial charge on any atom is 0.308 e. The van der Waals surface area contributed by atoms with Crippen molar-refractivity contribution < 1.29 is 28.2 Å². The Bertz CT molecular complexity index is 562. The number of carbonyl (C=O) groups is 2. The molecule has 0 unspecified atom stereocenters. The average Bonchev–Trinajstić information content (AvgIpc) is 2.91. The van der Waals surface area contributed by atoms with Gasteiger partial charge < -0.3 is 14.7 Å². The first kappa shape index (κ1) is 17.8. The standard InChI is InChI=1S/C15H19F2NO4S/c1-15(16,17)9-22-10-2-5-18(6-3-10)14(21)11-4-7-23-12(11)8-13(19)20/h4,7,10H,2-3,5-6,8-9H2,1H3,(H,19,20). The van der Waals surface area contributed by atoms with Crippen molar-refractivity contribution in [2.24, 2.45) is 0 Å². The zero-order valence-corrected chi connectivity index (χ0v) is 13.6. The number of aliphatic carboxylic acids is 1. The van der Waals surface area contributed by atoms with Crippen LogP contribution in [0.15, 0.2) is 11.4 Å². The lowest BCUT2D eigenvalue weighted by molar-refractivity contribution is -0.136. The van der Waals surface area contributed by atoms with Gasteiger partial charge in [-0.25, -0.2) is 8.78 Å². The number of alkyl halides is 2. The summed E-state index contributed by atoms with van der Waals surface area (Å²) in [6.45, 7) is 1.04. The monoisotopic (exact) mass is 347 g/mol. The van der Waals surface area contributed by atoms with Gasteiger partial charge in [-0.2, -0.15) is 0 Å². The number of carbonyl (C=O) groups excluding carboxylic acids is 1. The highest BCUT2D eigenvalue weighted by atomic mass is 32.1. The number of nitrogens with zero attached hydrogens (tertiary/aromatic N) is 1. The van der Waals surface area contributed by atoms with Crippen LogP contribution in [0, 0.1) is 0 Å². The largest absolute Gasteiger partial charge is 0.481 e.